The Hall–Kier alpha value is -8.66. The lowest BCUT2D eigenvalue weighted by Gasteiger charge is -2.33. The first kappa shape index (κ1) is 62.2. The van der Waals surface area contributed by atoms with E-state index in [0.717, 1.165) is 81.3 Å². The second-order valence-corrected chi connectivity index (χ2v) is 19.9. The number of ether oxygens (including phenoxy) is 1. The number of amides is 2. The smallest absolute Gasteiger partial charge is 0.329 e. The predicted octanol–water partition coefficient (Wildman–Crippen LogP) is 12.8. The summed E-state index contributed by atoms with van der Waals surface area (Å²) in [7, 11) is 0. The van der Waals surface area contributed by atoms with Crippen molar-refractivity contribution in [2.24, 2.45) is 11.8 Å². The van der Waals surface area contributed by atoms with Crippen LogP contribution in [-0.2, 0) is 50.2 Å². The number of carbonyl (C=O) groups is 4. The van der Waals surface area contributed by atoms with Gasteiger partial charge in [-0.3, -0.25) is 9.59 Å². The Balaban J connectivity index is 0.000000305. The summed E-state index contributed by atoms with van der Waals surface area (Å²) in [6, 6.07) is 49.9. The second kappa shape index (κ2) is 31.1. The van der Waals surface area contributed by atoms with Gasteiger partial charge in [-0.2, -0.15) is 5.21 Å². The van der Waals surface area contributed by atoms with Crippen LogP contribution in [0.5, 0.6) is 0 Å². The van der Waals surface area contributed by atoms with E-state index < -0.39 is 18.1 Å². The Labute approximate surface area is 471 Å². The normalized spacial score (nSPS) is 11.6. The van der Waals surface area contributed by atoms with Gasteiger partial charge >= 0.3 is 11.9 Å². The zero-order valence-corrected chi connectivity index (χ0v) is 45.4. The van der Waals surface area contributed by atoms with Gasteiger partial charge in [-0.05, 0) is 84.8 Å². The number of aromatic nitrogens is 8. The molecular formula is C64H78N10O6. The van der Waals surface area contributed by atoms with Crippen molar-refractivity contribution in [3.8, 4) is 45.0 Å². The van der Waals surface area contributed by atoms with Crippen molar-refractivity contribution < 1.29 is 29.0 Å². The molecule has 6 aromatic carbocycles. The maximum Gasteiger partial charge on any atom is 0.329 e. The van der Waals surface area contributed by atoms with Crippen molar-refractivity contribution >= 4 is 23.8 Å². The number of benzene rings is 6. The number of nitrogens with zero attached hydrogens (tertiary/aromatic N) is 9. The second-order valence-electron chi connectivity index (χ2n) is 19.9. The first-order valence-corrected chi connectivity index (χ1v) is 26.8. The van der Waals surface area contributed by atoms with Crippen LogP contribution in [0.4, 0.5) is 0 Å². The molecule has 0 radical (unpaired) electrons. The molecule has 8 aromatic rings. The van der Waals surface area contributed by atoms with Crippen molar-refractivity contribution in [3.05, 3.63) is 180 Å². The molecule has 0 aliphatic heterocycles. The monoisotopic (exact) mass is 1080 g/mol. The van der Waals surface area contributed by atoms with Crippen LogP contribution < -0.4 is 0 Å². The summed E-state index contributed by atoms with van der Waals surface area (Å²) < 4.78 is 7.56. The van der Waals surface area contributed by atoms with E-state index in [4.69, 9.17) is 4.74 Å². The van der Waals surface area contributed by atoms with E-state index in [0.29, 0.717) is 37.6 Å². The summed E-state index contributed by atoms with van der Waals surface area (Å²) in [4.78, 5) is 55.0. The molecule has 2 amide bonds. The number of hydrogen-bond acceptors (Lipinski definition) is 11. The van der Waals surface area contributed by atoms with E-state index in [1.165, 1.54) is 4.90 Å². The molecule has 16 nitrogen and oxygen atoms in total. The SMILES string of the molecule is C.C.CCCCC(=O)N(Cc1ccc(-c2ccccc2-c2nn[nH]n2)cc1)[C@H](C(=O)O)C(C)C.CCCCC(=O)N(Cc1ccc(-c2ccccc2-c2nnnn2Cc2ccccc2)cc1)[C@H](C(=O)OCc1ccccc1)C(C)C. The number of aliphatic carboxylic acids is 1. The lowest BCUT2D eigenvalue weighted by molar-refractivity contribution is -0.159. The quantitative estimate of drug-likeness (QED) is 0.0543. The van der Waals surface area contributed by atoms with Crippen LogP contribution in [0.2, 0.25) is 0 Å². The molecule has 0 saturated heterocycles. The van der Waals surface area contributed by atoms with Gasteiger partial charge in [-0.15, -0.1) is 15.3 Å². The molecule has 0 unspecified atom stereocenters. The van der Waals surface area contributed by atoms with Crippen molar-refractivity contribution in [3.63, 3.8) is 0 Å². The molecule has 2 aromatic heterocycles. The number of tetrazole rings is 2. The molecule has 2 atom stereocenters. The summed E-state index contributed by atoms with van der Waals surface area (Å²) in [5.74, 6) is -0.654. The molecule has 8 rings (SSSR count). The molecule has 0 aliphatic carbocycles. The van der Waals surface area contributed by atoms with Crippen LogP contribution in [0.15, 0.2) is 158 Å². The van der Waals surface area contributed by atoms with Crippen LogP contribution in [0.3, 0.4) is 0 Å². The average Bonchev–Trinajstić information content (AvgIpc) is 4.21. The topological polar surface area (TPSA) is 202 Å². The molecule has 0 bridgehead atoms. The van der Waals surface area contributed by atoms with Crippen LogP contribution >= 0.6 is 0 Å². The van der Waals surface area contributed by atoms with Crippen molar-refractivity contribution in [2.45, 2.75) is 133 Å². The van der Waals surface area contributed by atoms with Gasteiger partial charge in [0.15, 0.2) is 5.82 Å². The first-order chi connectivity index (χ1) is 37.9. The van der Waals surface area contributed by atoms with E-state index in [-0.39, 0.29) is 57.6 Å². The fourth-order valence-corrected chi connectivity index (χ4v) is 9.35. The highest BCUT2D eigenvalue weighted by atomic mass is 16.5. The van der Waals surface area contributed by atoms with Crippen molar-refractivity contribution in [2.75, 3.05) is 0 Å². The number of esters is 1. The Morgan fingerprint density at radius 1 is 0.562 bits per heavy atom. The number of carboxylic acid groups (broad SMARTS) is 1. The number of hydrogen-bond donors (Lipinski definition) is 2. The van der Waals surface area contributed by atoms with Gasteiger partial charge in [0.25, 0.3) is 0 Å². The van der Waals surface area contributed by atoms with E-state index in [1.54, 1.807) is 4.90 Å². The van der Waals surface area contributed by atoms with Gasteiger partial charge in [0, 0.05) is 37.1 Å². The predicted molar refractivity (Wildman–Crippen MR) is 314 cm³/mol. The molecule has 2 N–H and O–H groups in total. The van der Waals surface area contributed by atoms with Gasteiger partial charge in [0.2, 0.25) is 17.6 Å². The third-order valence-corrected chi connectivity index (χ3v) is 13.4. The van der Waals surface area contributed by atoms with Crippen LogP contribution in [0.1, 0.15) is 117 Å². The van der Waals surface area contributed by atoms with Crippen molar-refractivity contribution in [1.29, 1.82) is 0 Å². The Morgan fingerprint density at radius 3 is 1.50 bits per heavy atom. The number of aromatic amines is 1. The minimum atomic E-state index is -0.976. The molecule has 0 fully saturated rings. The highest BCUT2D eigenvalue weighted by Crippen LogP contribution is 2.33. The lowest BCUT2D eigenvalue weighted by atomic mass is 9.97. The Bertz CT molecular complexity index is 3150. The zero-order valence-electron chi connectivity index (χ0n) is 45.4. The molecule has 80 heavy (non-hydrogen) atoms. The highest BCUT2D eigenvalue weighted by Gasteiger charge is 2.34. The standard InChI is InChI=1S/C38H41N5O3.C24H29N5O3.2CH4/c1-4-5-20-35(44)42(36(28(2)3)38(45)46-27-31-16-10-7-11-17-31)25-30-21-23-32(24-22-30)33-18-12-13-19-34(33)37-39-40-41-43(37)26-29-14-8-6-9-15-29;1-4-5-10-21(30)29(22(16(2)3)24(31)32)15-17-11-13-18(14-12-17)19-8-6-7-9-20(19)23-25-27-28-26-23;;/h6-19,21-24,28,36H,4-5,20,25-27H2,1-3H3;6-9,11-14,16,22H,4-5,10,15H2,1-3H3,(H,31,32)(H,25,26,27,28);2*1H4/t36-;22-;;/m00../s1. The molecular weight excluding hydrogens is 1000 g/mol. The fraction of sp³-hybridized carbons (Fsp3) is 0.344. The van der Waals surface area contributed by atoms with Gasteiger partial charge in [-0.25, -0.2) is 14.3 Å². The summed E-state index contributed by atoms with van der Waals surface area (Å²) >= 11 is 0. The van der Waals surface area contributed by atoms with Crippen LogP contribution in [0.25, 0.3) is 45.0 Å². The van der Waals surface area contributed by atoms with Gasteiger partial charge in [0.1, 0.15) is 18.7 Å². The molecule has 2 heterocycles. The maximum atomic E-state index is 13.6. The van der Waals surface area contributed by atoms with Crippen LogP contribution in [-0.4, -0.2) is 91.6 Å². The number of carboxylic acids is 1. The van der Waals surface area contributed by atoms with Crippen molar-refractivity contribution in [1.82, 2.24) is 50.6 Å². The minimum Gasteiger partial charge on any atom is -0.480 e. The number of nitrogens with one attached hydrogen (secondary N) is 1. The molecule has 0 aliphatic rings. The summed E-state index contributed by atoms with van der Waals surface area (Å²) in [5, 5.41) is 36.7. The van der Waals surface area contributed by atoms with Gasteiger partial charge in [-0.1, -0.05) is 227 Å². The van der Waals surface area contributed by atoms with E-state index in [9.17, 15) is 24.3 Å². The summed E-state index contributed by atoms with van der Waals surface area (Å²) in [5.41, 5.74) is 9.54. The van der Waals surface area contributed by atoms with Gasteiger partial charge in [0.05, 0.1) is 6.54 Å². The molecule has 16 heteroatoms. The molecule has 0 spiro atoms. The first-order valence-electron chi connectivity index (χ1n) is 26.8. The van der Waals surface area contributed by atoms with Gasteiger partial charge < -0.3 is 19.6 Å². The largest absolute Gasteiger partial charge is 0.480 e. The summed E-state index contributed by atoms with van der Waals surface area (Å²) in [6.45, 7) is 12.9. The third kappa shape index (κ3) is 16.7. The fourth-order valence-electron chi connectivity index (χ4n) is 9.35. The average molecular weight is 1080 g/mol. The molecule has 420 valence electrons. The molecule has 0 saturated carbocycles. The lowest BCUT2D eigenvalue weighted by Crippen LogP contribution is -2.48. The van der Waals surface area contributed by atoms with E-state index >= 15 is 0 Å². The van der Waals surface area contributed by atoms with E-state index in [1.807, 2.05) is 179 Å². The Kier molecular flexibility index (Phi) is 24.1. The highest BCUT2D eigenvalue weighted by molar-refractivity contribution is 5.86. The number of rotatable bonds is 24. The number of H-pyrrole nitrogens is 1. The maximum absolute atomic E-state index is 13.6. The van der Waals surface area contributed by atoms with E-state index in [2.05, 4.69) is 61.3 Å². The zero-order chi connectivity index (χ0) is 55.4. The third-order valence-electron chi connectivity index (χ3n) is 13.4. The Morgan fingerprint density at radius 2 is 1.02 bits per heavy atom. The summed E-state index contributed by atoms with van der Waals surface area (Å²) in [6.07, 6.45) is 4.02. The van der Waals surface area contributed by atoms with Crippen LogP contribution in [0, 0.1) is 11.8 Å². The number of carbonyl (C=O) groups excluding carboxylic acids is 3. The minimum absolute atomic E-state index is 0. The number of unbranched alkanes of at least 4 members (excludes halogenated alkanes) is 2.